The number of rotatable bonds is 5. The van der Waals surface area contributed by atoms with Gasteiger partial charge in [0, 0.05) is 10.7 Å². The molecule has 1 amide bonds. The third kappa shape index (κ3) is 4.62. The van der Waals surface area contributed by atoms with Gasteiger partial charge in [-0.25, -0.2) is 8.42 Å². The molecule has 3 aromatic rings. The Hall–Kier alpha value is -3.03. The van der Waals surface area contributed by atoms with Crippen LogP contribution in [0, 0.1) is 6.92 Å². The standard InChI is InChI=1S/C20H17ClN2O4S/c1-13-2-5-15(6-3-13)22-20(25)18-12-14(21)4-11-19(18)23-28(26,27)17-9-7-16(24)8-10-17/h2-12,23-24H,1H3,(H,22,25). The quantitative estimate of drug-likeness (QED) is 0.574. The summed E-state index contributed by atoms with van der Waals surface area (Å²) in [7, 11) is -3.96. The van der Waals surface area contributed by atoms with Crippen molar-refractivity contribution >= 4 is 38.9 Å². The molecule has 0 saturated carbocycles. The fraction of sp³-hybridized carbons (Fsp3) is 0.0500. The zero-order valence-electron chi connectivity index (χ0n) is 14.8. The summed E-state index contributed by atoms with van der Waals surface area (Å²) >= 11 is 6.01. The summed E-state index contributed by atoms with van der Waals surface area (Å²) in [6.07, 6.45) is 0. The molecule has 0 spiro atoms. The molecule has 6 nitrogen and oxygen atoms in total. The number of hydrogen-bond donors (Lipinski definition) is 3. The largest absolute Gasteiger partial charge is 0.508 e. The molecular formula is C20H17ClN2O4S. The number of nitrogens with one attached hydrogen (secondary N) is 2. The Morgan fingerprint density at radius 2 is 1.61 bits per heavy atom. The molecule has 144 valence electrons. The van der Waals surface area contributed by atoms with Crippen LogP contribution < -0.4 is 10.0 Å². The van der Waals surface area contributed by atoms with Crippen LogP contribution in [0.3, 0.4) is 0 Å². The molecule has 8 heteroatoms. The maximum atomic E-state index is 12.7. The minimum absolute atomic E-state index is 0.0508. The van der Waals surface area contributed by atoms with Gasteiger partial charge in [0.1, 0.15) is 5.75 Å². The summed E-state index contributed by atoms with van der Waals surface area (Å²) in [4.78, 5) is 12.7. The Kier molecular flexibility index (Phi) is 5.58. The van der Waals surface area contributed by atoms with Gasteiger partial charge in [0.15, 0.2) is 0 Å². The Labute approximate surface area is 167 Å². The highest BCUT2D eigenvalue weighted by Crippen LogP contribution is 2.25. The lowest BCUT2D eigenvalue weighted by atomic mass is 10.1. The highest BCUT2D eigenvalue weighted by molar-refractivity contribution is 7.92. The minimum Gasteiger partial charge on any atom is -0.508 e. The number of amides is 1. The van der Waals surface area contributed by atoms with Gasteiger partial charge in [0.05, 0.1) is 16.1 Å². The van der Waals surface area contributed by atoms with Gasteiger partial charge < -0.3 is 10.4 Å². The monoisotopic (exact) mass is 416 g/mol. The molecule has 0 atom stereocenters. The Balaban J connectivity index is 1.91. The summed E-state index contributed by atoms with van der Waals surface area (Å²) < 4.78 is 27.6. The molecule has 0 aliphatic heterocycles. The molecular weight excluding hydrogens is 400 g/mol. The predicted octanol–water partition coefficient (Wildman–Crippen LogP) is 4.41. The number of sulfonamides is 1. The average Bonchev–Trinajstić information content (AvgIpc) is 2.65. The van der Waals surface area contributed by atoms with Crippen LogP contribution in [-0.2, 0) is 10.0 Å². The van der Waals surface area contributed by atoms with Gasteiger partial charge in [-0.05, 0) is 61.5 Å². The number of carbonyl (C=O) groups excluding carboxylic acids is 1. The predicted molar refractivity (Wildman–Crippen MR) is 109 cm³/mol. The lowest BCUT2D eigenvalue weighted by Crippen LogP contribution is -2.18. The summed E-state index contributed by atoms with van der Waals surface area (Å²) in [6, 6.07) is 16.5. The number of aromatic hydroxyl groups is 1. The normalized spacial score (nSPS) is 11.1. The Morgan fingerprint density at radius 1 is 0.964 bits per heavy atom. The van der Waals surface area contributed by atoms with Crippen molar-refractivity contribution in [2.24, 2.45) is 0 Å². The van der Waals surface area contributed by atoms with Crippen molar-refractivity contribution in [1.82, 2.24) is 0 Å². The van der Waals surface area contributed by atoms with Crippen LogP contribution in [0.25, 0.3) is 0 Å². The molecule has 0 saturated heterocycles. The number of anilines is 2. The molecule has 0 aliphatic carbocycles. The second kappa shape index (κ2) is 7.92. The van der Waals surface area contributed by atoms with Gasteiger partial charge in [-0.2, -0.15) is 0 Å². The van der Waals surface area contributed by atoms with Crippen LogP contribution in [0.15, 0.2) is 71.6 Å². The fourth-order valence-electron chi connectivity index (χ4n) is 2.46. The summed E-state index contributed by atoms with van der Waals surface area (Å²) in [5.74, 6) is -0.557. The van der Waals surface area contributed by atoms with E-state index in [-0.39, 0.29) is 21.9 Å². The first-order chi connectivity index (χ1) is 13.2. The van der Waals surface area contributed by atoms with Crippen molar-refractivity contribution in [2.75, 3.05) is 10.0 Å². The third-order valence-electron chi connectivity index (χ3n) is 3.93. The average molecular weight is 417 g/mol. The van der Waals surface area contributed by atoms with E-state index in [0.29, 0.717) is 10.7 Å². The summed E-state index contributed by atoms with van der Waals surface area (Å²) in [6.45, 7) is 1.93. The third-order valence-corrected chi connectivity index (χ3v) is 5.54. The molecule has 28 heavy (non-hydrogen) atoms. The number of phenolic OH excluding ortho intramolecular Hbond substituents is 1. The molecule has 0 heterocycles. The molecule has 0 radical (unpaired) electrons. The first-order valence-electron chi connectivity index (χ1n) is 8.24. The van der Waals surface area contributed by atoms with E-state index in [1.807, 2.05) is 19.1 Å². The number of carbonyl (C=O) groups is 1. The van der Waals surface area contributed by atoms with Gasteiger partial charge in [-0.3, -0.25) is 9.52 Å². The van der Waals surface area contributed by atoms with E-state index in [9.17, 15) is 18.3 Å². The van der Waals surface area contributed by atoms with Gasteiger partial charge in [-0.1, -0.05) is 29.3 Å². The molecule has 3 rings (SSSR count). The summed E-state index contributed by atoms with van der Waals surface area (Å²) in [5.41, 5.74) is 1.78. The van der Waals surface area contributed by atoms with Crippen molar-refractivity contribution in [1.29, 1.82) is 0 Å². The second-order valence-electron chi connectivity index (χ2n) is 6.11. The number of aryl methyl sites for hydroxylation is 1. The zero-order chi connectivity index (χ0) is 20.3. The molecule has 0 aliphatic rings. The Bertz CT molecular complexity index is 1110. The van der Waals surface area contributed by atoms with Crippen LogP contribution in [0.5, 0.6) is 5.75 Å². The van der Waals surface area contributed by atoms with Crippen molar-refractivity contribution in [3.63, 3.8) is 0 Å². The van der Waals surface area contributed by atoms with Crippen LogP contribution >= 0.6 is 11.6 Å². The number of phenols is 1. The lowest BCUT2D eigenvalue weighted by Gasteiger charge is -2.13. The molecule has 3 N–H and O–H groups in total. The smallest absolute Gasteiger partial charge is 0.261 e. The number of hydrogen-bond acceptors (Lipinski definition) is 4. The van der Waals surface area contributed by atoms with Gasteiger partial charge >= 0.3 is 0 Å². The lowest BCUT2D eigenvalue weighted by molar-refractivity contribution is 0.102. The van der Waals surface area contributed by atoms with Gasteiger partial charge in [0.2, 0.25) is 0 Å². The maximum absolute atomic E-state index is 12.7. The topological polar surface area (TPSA) is 95.5 Å². The second-order valence-corrected chi connectivity index (χ2v) is 8.23. The molecule has 0 aromatic heterocycles. The van der Waals surface area contributed by atoms with E-state index in [0.717, 1.165) is 5.56 Å². The van der Waals surface area contributed by atoms with E-state index in [2.05, 4.69) is 10.0 Å². The van der Waals surface area contributed by atoms with Crippen LogP contribution in [0.1, 0.15) is 15.9 Å². The van der Waals surface area contributed by atoms with Crippen LogP contribution in [0.4, 0.5) is 11.4 Å². The summed E-state index contributed by atoms with van der Waals surface area (Å²) in [5, 5.41) is 12.3. The van der Waals surface area contributed by atoms with Gasteiger partial charge in [0.25, 0.3) is 15.9 Å². The first kappa shape index (κ1) is 19.7. The fourth-order valence-corrected chi connectivity index (χ4v) is 3.71. The zero-order valence-corrected chi connectivity index (χ0v) is 16.4. The van der Waals surface area contributed by atoms with E-state index >= 15 is 0 Å². The SMILES string of the molecule is Cc1ccc(NC(=O)c2cc(Cl)ccc2NS(=O)(=O)c2ccc(O)cc2)cc1. The van der Waals surface area contributed by atoms with E-state index < -0.39 is 15.9 Å². The van der Waals surface area contributed by atoms with Gasteiger partial charge in [-0.15, -0.1) is 0 Å². The minimum atomic E-state index is -3.96. The van der Waals surface area contributed by atoms with Crippen molar-refractivity contribution in [2.45, 2.75) is 11.8 Å². The molecule has 0 unspecified atom stereocenters. The van der Waals surface area contributed by atoms with E-state index in [1.165, 1.54) is 42.5 Å². The Morgan fingerprint density at radius 3 is 2.25 bits per heavy atom. The number of benzene rings is 3. The van der Waals surface area contributed by atoms with Crippen molar-refractivity contribution in [3.8, 4) is 5.75 Å². The van der Waals surface area contributed by atoms with E-state index in [4.69, 9.17) is 11.6 Å². The number of halogens is 1. The highest BCUT2D eigenvalue weighted by atomic mass is 35.5. The van der Waals surface area contributed by atoms with Crippen LogP contribution in [0.2, 0.25) is 5.02 Å². The van der Waals surface area contributed by atoms with E-state index in [1.54, 1.807) is 12.1 Å². The molecule has 0 fully saturated rings. The first-order valence-corrected chi connectivity index (χ1v) is 10.1. The van der Waals surface area contributed by atoms with Crippen LogP contribution in [-0.4, -0.2) is 19.4 Å². The molecule has 3 aromatic carbocycles. The highest BCUT2D eigenvalue weighted by Gasteiger charge is 2.19. The van der Waals surface area contributed by atoms with Crippen molar-refractivity contribution in [3.05, 3.63) is 82.9 Å². The maximum Gasteiger partial charge on any atom is 0.261 e. The van der Waals surface area contributed by atoms with Crippen molar-refractivity contribution < 1.29 is 18.3 Å². The molecule has 0 bridgehead atoms.